The van der Waals surface area contributed by atoms with Gasteiger partial charge in [-0.25, -0.2) is 0 Å². The van der Waals surface area contributed by atoms with Gasteiger partial charge in [0.05, 0.1) is 7.11 Å². The molecule has 1 saturated heterocycles. The van der Waals surface area contributed by atoms with Gasteiger partial charge in [0.1, 0.15) is 6.61 Å². The van der Waals surface area contributed by atoms with E-state index in [-0.39, 0.29) is 0 Å². The Morgan fingerprint density at radius 2 is 2.17 bits per heavy atom. The Morgan fingerprint density at radius 1 is 1.25 bits per heavy atom. The van der Waals surface area contributed by atoms with Gasteiger partial charge in [-0.1, -0.05) is 12.1 Å². The number of hydrogen-bond donors (Lipinski definition) is 1. The molecule has 0 spiro atoms. The molecular formula is C19H25N3O2. The summed E-state index contributed by atoms with van der Waals surface area (Å²) in [5.74, 6) is 1.54. The number of aromatic nitrogens is 1. The molecule has 0 saturated carbocycles. The highest BCUT2D eigenvalue weighted by Gasteiger charge is 2.16. The van der Waals surface area contributed by atoms with Crippen LogP contribution in [0.25, 0.3) is 0 Å². The van der Waals surface area contributed by atoms with Crippen molar-refractivity contribution in [3.63, 3.8) is 0 Å². The van der Waals surface area contributed by atoms with Crippen LogP contribution >= 0.6 is 0 Å². The topological polar surface area (TPSA) is 46.6 Å². The van der Waals surface area contributed by atoms with Crippen molar-refractivity contribution in [1.29, 1.82) is 0 Å². The van der Waals surface area contributed by atoms with Crippen molar-refractivity contribution >= 4 is 0 Å². The van der Waals surface area contributed by atoms with Crippen LogP contribution in [-0.2, 0) is 13.2 Å². The molecule has 3 rings (SSSR count). The van der Waals surface area contributed by atoms with Crippen molar-refractivity contribution in [2.24, 2.45) is 0 Å². The van der Waals surface area contributed by atoms with Gasteiger partial charge in [-0.05, 0) is 30.7 Å². The highest BCUT2D eigenvalue weighted by atomic mass is 16.5. The van der Waals surface area contributed by atoms with Gasteiger partial charge in [-0.2, -0.15) is 0 Å². The van der Waals surface area contributed by atoms with Gasteiger partial charge >= 0.3 is 0 Å². The quantitative estimate of drug-likeness (QED) is 0.883. The van der Waals surface area contributed by atoms with Crippen molar-refractivity contribution in [2.75, 3.05) is 26.7 Å². The number of ether oxygens (including phenoxy) is 2. The fraction of sp³-hybridized carbons (Fsp3) is 0.421. The second-order valence-electron chi connectivity index (χ2n) is 6.23. The Labute approximate surface area is 143 Å². The molecule has 1 atom stereocenters. The van der Waals surface area contributed by atoms with Crippen LogP contribution in [0.3, 0.4) is 0 Å². The minimum absolute atomic E-state index is 0.484. The molecule has 1 aliphatic rings. The van der Waals surface area contributed by atoms with Gasteiger partial charge in [-0.15, -0.1) is 0 Å². The molecule has 2 heterocycles. The predicted octanol–water partition coefficient (Wildman–Crippen LogP) is 2.46. The van der Waals surface area contributed by atoms with Gasteiger partial charge in [0.2, 0.25) is 0 Å². The minimum atomic E-state index is 0.484. The smallest absolute Gasteiger partial charge is 0.161 e. The Kier molecular flexibility index (Phi) is 5.67. The van der Waals surface area contributed by atoms with E-state index in [4.69, 9.17) is 9.47 Å². The molecule has 1 fully saturated rings. The van der Waals surface area contributed by atoms with E-state index < -0.39 is 0 Å². The lowest BCUT2D eigenvalue weighted by atomic mass is 10.1. The van der Waals surface area contributed by atoms with E-state index in [2.05, 4.69) is 34.3 Å². The van der Waals surface area contributed by atoms with E-state index in [1.54, 1.807) is 13.3 Å². The molecule has 5 nitrogen and oxygen atoms in total. The lowest BCUT2D eigenvalue weighted by Crippen LogP contribution is -2.48. The summed E-state index contributed by atoms with van der Waals surface area (Å²) in [4.78, 5) is 6.58. The standard InChI is InChI=1S/C19H25N3O2/c1-15-12-22(9-8-21-15)13-16-5-6-18(23-2)19(10-16)24-14-17-4-3-7-20-11-17/h3-7,10-11,15,21H,8-9,12-14H2,1-2H3. The number of piperazine rings is 1. The van der Waals surface area contributed by atoms with Gasteiger partial charge in [0.25, 0.3) is 0 Å². The molecule has 1 unspecified atom stereocenters. The van der Waals surface area contributed by atoms with E-state index in [0.29, 0.717) is 12.6 Å². The van der Waals surface area contributed by atoms with Crippen LogP contribution in [0, 0.1) is 0 Å². The normalized spacial score (nSPS) is 18.3. The zero-order valence-corrected chi connectivity index (χ0v) is 14.4. The summed E-state index contributed by atoms with van der Waals surface area (Å²) in [5.41, 5.74) is 2.28. The van der Waals surface area contributed by atoms with E-state index in [1.165, 1.54) is 5.56 Å². The molecule has 1 aromatic carbocycles. The van der Waals surface area contributed by atoms with Crippen LogP contribution in [-0.4, -0.2) is 42.7 Å². The van der Waals surface area contributed by atoms with Gasteiger partial charge < -0.3 is 14.8 Å². The summed E-state index contributed by atoms with van der Waals surface area (Å²) in [5, 5.41) is 3.47. The average Bonchev–Trinajstić information content (AvgIpc) is 2.61. The fourth-order valence-corrected chi connectivity index (χ4v) is 2.99. The van der Waals surface area contributed by atoms with E-state index in [9.17, 15) is 0 Å². The Bertz CT molecular complexity index is 648. The first-order chi connectivity index (χ1) is 11.7. The number of rotatable bonds is 6. The summed E-state index contributed by atoms with van der Waals surface area (Å²) in [6.45, 7) is 6.82. The summed E-state index contributed by atoms with van der Waals surface area (Å²) >= 11 is 0. The van der Waals surface area contributed by atoms with E-state index in [0.717, 1.165) is 43.2 Å². The first kappa shape index (κ1) is 16.7. The zero-order valence-electron chi connectivity index (χ0n) is 14.4. The molecule has 1 aliphatic heterocycles. The van der Waals surface area contributed by atoms with Gasteiger partial charge in [-0.3, -0.25) is 9.88 Å². The second-order valence-corrected chi connectivity index (χ2v) is 6.23. The third-order valence-electron chi connectivity index (χ3n) is 4.20. The van der Waals surface area contributed by atoms with E-state index >= 15 is 0 Å². The van der Waals surface area contributed by atoms with Crippen LogP contribution in [0.5, 0.6) is 11.5 Å². The monoisotopic (exact) mass is 327 g/mol. The maximum absolute atomic E-state index is 5.97. The van der Waals surface area contributed by atoms with Crippen molar-refractivity contribution in [1.82, 2.24) is 15.2 Å². The first-order valence-electron chi connectivity index (χ1n) is 8.39. The maximum atomic E-state index is 5.97. The summed E-state index contributed by atoms with van der Waals surface area (Å²) in [7, 11) is 1.67. The highest BCUT2D eigenvalue weighted by Crippen LogP contribution is 2.29. The molecule has 0 amide bonds. The minimum Gasteiger partial charge on any atom is -0.493 e. The summed E-state index contributed by atoms with van der Waals surface area (Å²) < 4.78 is 11.4. The molecule has 0 bridgehead atoms. The lowest BCUT2D eigenvalue weighted by molar-refractivity contribution is 0.199. The van der Waals surface area contributed by atoms with Crippen LogP contribution < -0.4 is 14.8 Å². The Balaban J connectivity index is 1.68. The van der Waals surface area contributed by atoms with E-state index in [1.807, 2.05) is 24.4 Å². The van der Waals surface area contributed by atoms with Crippen LogP contribution in [0.4, 0.5) is 0 Å². The predicted molar refractivity (Wildman–Crippen MR) is 94.3 cm³/mol. The molecule has 1 aromatic heterocycles. The van der Waals surface area contributed by atoms with Crippen molar-refractivity contribution in [3.05, 3.63) is 53.9 Å². The number of methoxy groups -OCH3 is 1. The number of benzene rings is 1. The number of nitrogens with zero attached hydrogens (tertiary/aromatic N) is 2. The third-order valence-corrected chi connectivity index (χ3v) is 4.20. The van der Waals surface area contributed by atoms with Crippen molar-refractivity contribution in [3.8, 4) is 11.5 Å². The molecule has 2 aromatic rings. The Morgan fingerprint density at radius 3 is 2.92 bits per heavy atom. The summed E-state index contributed by atoms with van der Waals surface area (Å²) in [6, 6.07) is 10.6. The van der Waals surface area contributed by atoms with Crippen molar-refractivity contribution in [2.45, 2.75) is 26.1 Å². The number of nitrogens with one attached hydrogen (secondary N) is 1. The maximum Gasteiger partial charge on any atom is 0.161 e. The van der Waals surface area contributed by atoms with Gasteiger partial charge in [0, 0.05) is 50.2 Å². The Hall–Kier alpha value is -2.11. The molecule has 5 heteroatoms. The van der Waals surface area contributed by atoms with Gasteiger partial charge in [0.15, 0.2) is 11.5 Å². The molecule has 128 valence electrons. The largest absolute Gasteiger partial charge is 0.493 e. The fourth-order valence-electron chi connectivity index (χ4n) is 2.99. The zero-order chi connectivity index (χ0) is 16.8. The number of pyridine rings is 1. The summed E-state index contributed by atoms with van der Waals surface area (Å²) in [6.07, 6.45) is 3.58. The molecule has 24 heavy (non-hydrogen) atoms. The van der Waals surface area contributed by atoms with Crippen LogP contribution in [0.2, 0.25) is 0 Å². The second kappa shape index (κ2) is 8.13. The van der Waals surface area contributed by atoms with Crippen LogP contribution in [0.15, 0.2) is 42.7 Å². The third kappa shape index (κ3) is 4.46. The molecule has 0 aliphatic carbocycles. The molecular weight excluding hydrogens is 302 g/mol. The molecule has 1 N–H and O–H groups in total. The molecule has 0 radical (unpaired) electrons. The average molecular weight is 327 g/mol. The number of hydrogen-bond acceptors (Lipinski definition) is 5. The SMILES string of the molecule is COc1ccc(CN2CCNC(C)C2)cc1OCc1cccnc1. The lowest BCUT2D eigenvalue weighted by Gasteiger charge is -2.31. The van der Waals surface area contributed by atoms with Crippen molar-refractivity contribution < 1.29 is 9.47 Å². The first-order valence-corrected chi connectivity index (χ1v) is 8.39. The highest BCUT2D eigenvalue weighted by molar-refractivity contribution is 5.43. The van der Waals surface area contributed by atoms with Crippen LogP contribution in [0.1, 0.15) is 18.1 Å².